The molecule has 0 radical (unpaired) electrons. The number of piperidine rings is 1. The van der Waals surface area contributed by atoms with Crippen LogP contribution in [0, 0.1) is 0 Å². The van der Waals surface area contributed by atoms with E-state index < -0.39 is 0 Å². The zero-order chi connectivity index (χ0) is 24.6. The molecular formula is C27H45Cl2K2N3O3S. The van der Waals surface area contributed by atoms with Gasteiger partial charge < -0.3 is 22.2 Å². The average Bonchev–Trinajstić information content (AvgIpc) is 2.89. The Morgan fingerprint density at radius 3 is 1.97 bits per heavy atom. The molecule has 38 heavy (non-hydrogen) atoms. The van der Waals surface area contributed by atoms with Crippen molar-refractivity contribution in [3.63, 3.8) is 0 Å². The largest absolute Gasteiger partial charge is 1.00 e. The molecule has 1 fully saturated rings. The Labute approximate surface area is 333 Å². The summed E-state index contributed by atoms with van der Waals surface area (Å²) in [7, 11) is 0. The van der Waals surface area contributed by atoms with Gasteiger partial charge in [-0.1, -0.05) is 82.8 Å². The first-order chi connectivity index (χ1) is 16.1. The fraction of sp³-hybridized carbons (Fsp3) is 0.481. The van der Waals surface area contributed by atoms with E-state index in [4.69, 9.17) is 39.0 Å². The first-order valence-corrected chi connectivity index (χ1v) is 12.0. The Morgan fingerprint density at radius 2 is 1.55 bits per heavy atom. The van der Waals surface area contributed by atoms with Crippen LogP contribution in [0.3, 0.4) is 0 Å². The zero-order valence-corrected chi connectivity index (χ0v) is 29.3. The Hall–Kier alpha value is 1.44. The van der Waals surface area contributed by atoms with Crippen LogP contribution in [0.25, 0.3) is 0 Å². The van der Waals surface area contributed by atoms with E-state index in [1.165, 1.54) is 44.5 Å². The zero-order valence-electron chi connectivity index (χ0n) is 21.7. The number of isothiocyanates is 1. The number of aliphatic imine (C=N–C) groups is 1. The molecule has 0 amide bonds. The third-order valence-corrected chi connectivity index (χ3v) is 5.06. The first kappa shape index (κ1) is 52.1. The molecule has 2 aromatic carbocycles. The number of benzene rings is 2. The summed E-state index contributed by atoms with van der Waals surface area (Å²) in [6.07, 6.45) is 5.36. The van der Waals surface area contributed by atoms with E-state index in [1.54, 1.807) is 0 Å². The Bertz CT molecular complexity index is 775. The van der Waals surface area contributed by atoms with Crippen molar-refractivity contribution in [1.82, 2.24) is 4.90 Å². The quantitative estimate of drug-likeness (QED) is 0.0910. The number of rotatable bonds is 7. The second kappa shape index (κ2) is 40.6. The van der Waals surface area contributed by atoms with Gasteiger partial charge in [0.2, 0.25) is 0 Å². The SMILES string of the molecule is C.C.C.ClCCCN1CCCCC1.NCc1ccc(Cl)cc1.O=CO[O-].S=C=NCc1ccccc1.[H-].[K+].[K+]. The van der Waals surface area contributed by atoms with Crippen molar-refractivity contribution < 1.29 is 119 Å². The fourth-order valence-corrected chi connectivity index (χ4v) is 3.10. The van der Waals surface area contributed by atoms with Crippen LogP contribution in [0.1, 0.15) is 60.5 Å². The summed E-state index contributed by atoms with van der Waals surface area (Å²) in [6, 6.07) is 17.5. The van der Waals surface area contributed by atoms with E-state index in [2.05, 4.69) is 32.2 Å². The second-order valence-electron chi connectivity index (χ2n) is 6.86. The molecule has 0 bridgehead atoms. The summed E-state index contributed by atoms with van der Waals surface area (Å²) in [6.45, 7) is 4.86. The van der Waals surface area contributed by atoms with E-state index in [-0.39, 0.29) is 133 Å². The number of likely N-dealkylation sites (tertiary alicyclic amines) is 1. The average molecular weight is 641 g/mol. The first-order valence-electron chi connectivity index (χ1n) is 10.6. The summed E-state index contributed by atoms with van der Waals surface area (Å²) < 4.78 is 0. The summed E-state index contributed by atoms with van der Waals surface area (Å²) in [5.41, 5.74) is 7.63. The van der Waals surface area contributed by atoms with Gasteiger partial charge in [-0.3, -0.25) is 4.79 Å². The molecular weight excluding hydrogens is 595 g/mol. The third-order valence-electron chi connectivity index (χ3n) is 4.41. The maximum absolute atomic E-state index is 8.64. The van der Waals surface area contributed by atoms with E-state index in [0.717, 1.165) is 22.9 Å². The van der Waals surface area contributed by atoms with Gasteiger partial charge in [0, 0.05) is 17.4 Å². The Morgan fingerprint density at radius 1 is 1.03 bits per heavy atom. The minimum Gasteiger partial charge on any atom is -1.00 e. The van der Waals surface area contributed by atoms with Crippen LogP contribution in [-0.2, 0) is 22.8 Å². The van der Waals surface area contributed by atoms with Gasteiger partial charge in [-0.25, -0.2) is 4.99 Å². The molecule has 1 saturated heterocycles. The minimum absolute atomic E-state index is 0. The van der Waals surface area contributed by atoms with Crippen LogP contribution in [-0.4, -0.2) is 42.0 Å². The topological polar surface area (TPSA) is 91.0 Å². The minimum atomic E-state index is -0.181. The molecule has 1 aliphatic heterocycles. The molecule has 208 valence electrons. The van der Waals surface area contributed by atoms with E-state index in [1.807, 2.05) is 54.6 Å². The Kier molecular flexibility index (Phi) is 55.7. The van der Waals surface area contributed by atoms with Gasteiger partial charge in [-0.05, 0) is 74.4 Å². The van der Waals surface area contributed by atoms with Crippen LogP contribution in [0.5, 0.6) is 0 Å². The standard InChI is InChI=1S/C8H16ClN.C8H7NS.C7H8ClN.CH2O3.3CH4.2K.H/c9-5-4-8-10-6-2-1-3-7-10;10-7-9-6-8-4-2-1-3-5-8;8-7-3-1-6(5-9)2-4-7;2-1-4-3;;;;;;/h1-8H2;1-5H,6H2;1-4H,5,9H2;1,3H;3*1H4;;;/q;;;;;;;2*+1;-1/p-1. The van der Waals surface area contributed by atoms with Crippen LogP contribution < -0.4 is 114 Å². The molecule has 3 rings (SSSR count). The number of thiocarbonyl (C=S) groups is 1. The molecule has 0 spiro atoms. The molecule has 0 atom stereocenters. The third kappa shape index (κ3) is 33.6. The predicted molar refractivity (Wildman–Crippen MR) is 159 cm³/mol. The van der Waals surface area contributed by atoms with Crippen molar-refractivity contribution in [2.24, 2.45) is 10.7 Å². The van der Waals surface area contributed by atoms with Gasteiger partial charge in [0.1, 0.15) is 0 Å². The van der Waals surface area contributed by atoms with Gasteiger partial charge in [0.25, 0.3) is 6.47 Å². The molecule has 2 aromatic rings. The maximum Gasteiger partial charge on any atom is 1.00 e. The predicted octanol–water partition coefficient (Wildman–Crippen LogP) is 0.653. The van der Waals surface area contributed by atoms with Gasteiger partial charge in [0.05, 0.1) is 11.7 Å². The maximum atomic E-state index is 8.64. The van der Waals surface area contributed by atoms with Crippen molar-refractivity contribution in [3.05, 3.63) is 70.7 Å². The van der Waals surface area contributed by atoms with Gasteiger partial charge in [0.15, 0.2) is 0 Å². The monoisotopic (exact) mass is 639 g/mol. The van der Waals surface area contributed by atoms with Crippen molar-refractivity contribution in [2.45, 2.75) is 61.1 Å². The number of carbonyl (C=O) groups is 1. The van der Waals surface area contributed by atoms with Crippen molar-refractivity contribution >= 4 is 47.1 Å². The second-order valence-corrected chi connectivity index (χ2v) is 7.86. The van der Waals surface area contributed by atoms with Crippen LogP contribution >= 0.6 is 35.4 Å². The summed E-state index contributed by atoms with van der Waals surface area (Å²) in [5, 5.41) is 11.5. The molecule has 0 saturated carbocycles. The molecule has 11 heteroatoms. The van der Waals surface area contributed by atoms with Gasteiger partial charge in [-0.15, -0.1) is 11.6 Å². The van der Waals surface area contributed by atoms with Crippen LogP contribution in [0.15, 0.2) is 59.6 Å². The molecule has 0 aromatic heterocycles. The number of nitrogens with two attached hydrogens (primary N) is 1. The van der Waals surface area contributed by atoms with Crippen molar-refractivity contribution in [3.8, 4) is 0 Å². The van der Waals surface area contributed by atoms with E-state index in [9.17, 15) is 0 Å². The molecule has 0 unspecified atom stereocenters. The van der Waals surface area contributed by atoms with Gasteiger partial charge >= 0.3 is 103 Å². The smallest absolute Gasteiger partial charge is 1.00 e. The summed E-state index contributed by atoms with van der Waals surface area (Å²) in [4.78, 5) is 17.6. The Balaban J connectivity index is -0.0000000688. The molecule has 6 nitrogen and oxygen atoms in total. The molecule has 0 aliphatic carbocycles. The number of halogens is 2. The number of nitrogens with zero attached hydrogens (tertiary/aromatic N) is 2. The van der Waals surface area contributed by atoms with E-state index in [0.29, 0.717) is 13.1 Å². The summed E-state index contributed by atoms with van der Waals surface area (Å²) >= 11 is 15.7. The number of hydrogen-bond donors (Lipinski definition) is 1. The summed E-state index contributed by atoms with van der Waals surface area (Å²) in [5.74, 6) is 0.816. The van der Waals surface area contributed by atoms with E-state index >= 15 is 0 Å². The van der Waals surface area contributed by atoms with Crippen LogP contribution in [0.4, 0.5) is 0 Å². The molecule has 1 aliphatic rings. The fourth-order valence-electron chi connectivity index (χ4n) is 2.79. The molecule has 1 heterocycles. The van der Waals surface area contributed by atoms with Crippen LogP contribution in [0.2, 0.25) is 5.02 Å². The van der Waals surface area contributed by atoms with Crippen molar-refractivity contribution in [2.75, 3.05) is 25.5 Å². The number of alkyl halides is 1. The number of carbonyl (C=O) groups excluding carboxylic acids is 1. The number of hydrogen-bond acceptors (Lipinski definition) is 7. The normalized spacial score (nSPS) is 10.6. The molecule has 2 N–H and O–H groups in total. The van der Waals surface area contributed by atoms with Gasteiger partial charge in [-0.2, -0.15) is 0 Å². The van der Waals surface area contributed by atoms with Crippen molar-refractivity contribution in [1.29, 1.82) is 0 Å².